The second-order valence-corrected chi connectivity index (χ2v) is 6.06. The molecular weight excluding hydrogens is 332 g/mol. The highest BCUT2D eigenvalue weighted by molar-refractivity contribution is 9.10. The summed E-state index contributed by atoms with van der Waals surface area (Å²) in [6.45, 7) is 0.806. The van der Waals surface area contributed by atoms with Gasteiger partial charge in [0.15, 0.2) is 0 Å². The van der Waals surface area contributed by atoms with Gasteiger partial charge in [-0.25, -0.2) is 0 Å². The van der Waals surface area contributed by atoms with Crippen molar-refractivity contribution < 1.29 is 9.59 Å². The number of nitrogens with zero attached hydrogens (tertiary/aromatic N) is 2. The zero-order valence-corrected chi connectivity index (χ0v) is 12.4. The van der Waals surface area contributed by atoms with Gasteiger partial charge in [-0.15, -0.1) is 0 Å². The van der Waals surface area contributed by atoms with Crippen molar-refractivity contribution in [2.24, 2.45) is 0 Å². The zero-order valence-electron chi connectivity index (χ0n) is 10.1. The molecule has 1 aromatic carbocycles. The number of benzene rings is 1. The van der Waals surface area contributed by atoms with E-state index in [1.807, 2.05) is 0 Å². The van der Waals surface area contributed by atoms with E-state index < -0.39 is 0 Å². The Kier molecular flexibility index (Phi) is 3.27. The molecule has 3 rings (SSSR count). The zero-order chi connectivity index (χ0) is 13.6. The van der Waals surface area contributed by atoms with E-state index in [9.17, 15) is 9.59 Å². The molecule has 2 amide bonds. The molecule has 1 atom stereocenters. The van der Waals surface area contributed by atoms with Gasteiger partial charge in [-0.1, -0.05) is 11.6 Å². The summed E-state index contributed by atoms with van der Waals surface area (Å²) in [5.74, 6) is 0.0177. The SMILES string of the molecule is O=C1C2CCCN2C(=O)CN1c1ccc(Cl)cc1Br. The van der Waals surface area contributed by atoms with Crippen LogP contribution in [0.2, 0.25) is 5.02 Å². The molecule has 1 unspecified atom stereocenters. The minimum absolute atomic E-state index is 0.000113. The quantitative estimate of drug-likeness (QED) is 0.786. The summed E-state index contributed by atoms with van der Waals surface area (Å²) in [4.78, 5) is 27.8. The molecule has 100 valence electrons. The maximum Gasteiger partial charge on any atom is 0.250 e. The van der Waals surface area contributed by atoms with Crippen LogP contribution in [0, 0.1) is 0 Å². The normalized spacial score (nSPS) is 22.9. The number of amides is 2. The van der Waals surface area contributed by atoms with Crippen LogP contribution in [0.3, 0.4) is 0 Å². The molecule has 6 heteroatoms. The third kappa shape index (κ3) is 2.15. The number of anilines is 1. The average Bonchev–Trinajstić information content (AvgIpc) is 2.84. The standard InChI is InChI=1S/C13H12BrClN2O2/c14-9-6-8(15)3-4-10(9)17-7-12(18)16-5-1-2-11(16)13(17)19/h3-4,6,11H,1-2,5,7H2. The Bertz CT molecular complexity index is 564. The molecule has 2 heterocycles. The largest absolute Gasteiger partial charge is 0.329 e. The van der Waals surface area contributed by atoms with Crippen LogP contribution in [-0.4, -0.2) is 35.8 Å². The monoisotopic (exact) mass is 342 g/mol. The van der Waals surface area contributed by atoms with Crippen LogP contribution in [0.25, 0.3) is 0 Å². The van der Waals surface area contributed by atoms with Gasteiger partial charge in [-0.3, -0.25) is 9.59 Å². The van der Waals surface area contributed by atoms with E-state index in [-0.39, 0.29) is 24.4 Å². The summed E-state index contributed by atoms with van der Waals surface area (Å²) < 4.78 is 0.729. The van der Waals surface area contributed by atoms with Crippen LogP contribution in [0.1, 0.15) is 12.8 Å². The Balaban J connectivity index is 1.96. The summed E-state index contributed by atoms with van der Waals surface area (Å²) in [7, 11) is 0. The Hall–Kier alpha value is -1.07. The first-order chi connectivity index (χ1) is 9.08. The summed E-state index contributed by atoms with van der Waals surface area (Å²) in [6.07, 6.45) is 1.66. The highest BCUT2D eigenvalue weighted by Gasteiger charge is 2.42. The second-order valence-electron chi connectivity index (χ2n) is 4.77. The number of halogens is 2. The van der Waals surface area contributed by atoms with Crippen LogP contribution in [0.4, 0.5) is 5.69 Å². The minimum Gasteiger partial charge on any atom is -0.329 e. The van der Waals surface area contributed by atoms with E-state index in [2.05, 4.69) is 15.9 Å². The smallest absolute Gasteiger partial charge is 0.250 e. The molecule has 0 radical (unpaired) electrons. The van der Waals surface area contributed by atoms with Gasteiger partial charge in [0.05, 0.1) is 5.69 Å². The first-order valence-electron chi connectivity index (χ1n) is 6.14. The van der Waals surface area contributed by atoms with E-state index in [1.54, 1.807) is 28.0 Å². The number of hydrogen-bond acceptors (Lipinski definition) is 2. The molecular formula is C13H12BrClN2O2. The number of fused-ring (bicyclic) bond motifs is 1. The predicted molar refractivity (Wildman–Crippen MR) is 76.2 cm³/mol. The van der Waals surface area contributed by atoms with Crippen molar-refractivity contribution in [2.45, 2.75) is 18.9 Å². The van der Waals surface area contributed by atoms with Crippen LogP contribution in [0.5, 0.6) is 0 Å². The predicted octanol–water partition coefficient (Wildman–Crippen LogP) is 2.44. The summed E-state index contributed by atoms with van der Waals surface area (Å²) in [5.41, 5.74) is 0.703. The van der Waals surface area contributed by atoms with E-state index in [0.717, 1.165) is 17.3 Å². The third-order valence-electron chi connectivity index (χ3n) is 3.62. The topological polar surface area (TPSA) is 40.6 Å². The molecule has 2 aliphatic rings. The van der Waals surface area contributed by atoms with E-state index in [0.29, 0.717) is 17.3 Å². The van der Waals surface area contributed by atoms with Gasteiger partial charge in [0.25, 0.3) is 0 Å². The maximum absolute atomic E-state index is 12.5. The summed E-state index contributed by atoms with van der Waals surface area (Å²) in [6, 6.07) is 4.93. The van der Waals surface area contributed by atoms with Crippen LogP contribution < -0.4 is 4.90 Å². The molecule has 0 saturated carbocycles. The molecule has 2 fully saturated rings. The van der Waals surface area contributed by atoms with E-state index in [1.165, 1.54) is 0 Å². The highest BCUT2D eigenvalue weighted by Crippen LogP contribution is 2.33. The average molecular weight is 344 g/mol. The minimum atomic E-state index is -0.288. The van der Waals surface area contributed by atoms with Crippen molar-refractivity contribution in [2.75, 3.05) is 18.0 Å². The number of piperazine rings is 1. The van der Waals surface area contributed by atoms with Gasteiger partial charge >= 0.3 is 0 Å². The Labute approximate surface area is 124 Å². The van der Waals surface area contributed by atoms with E-state index >= 15 is 0 Å². The third-order valence-corrected chi connectivity index (χ3v) is 4.49. The lowest BCUT2D eigenvalue weighted by Gasteiger charge is -2.36. The van der Waals surface area contributed by atoms with Gasteiger partial charge in [-0.05, 0) is 47.0 Å². The first-order valence-corrected chi connectivity index (χ1v) is 7.31. The van der Waals surface area contributed by atoms with Gasteiger partial charge in [0, 0.05) is 16.0 Å². The van der Waals surface area contributed by atoms with Crippen molar-refractivity contribution >= 4 is 45.0 Å². The Morgan fingerprint density at radius 1 is 1.32 bits per heavy atom. The highest BCUT2D eigenvalue weighted by atomic mass is 79.9. The van der Waals surface area contributed by atoms with Crippen molar-refractivity contribution in [3.63, 3.8) is 0 Å². The molecule has 1 aromatic rings. The fraction of sp³-hybridized carbons (Fsp3) is 0.385. The van der Waals surface area contributed by atoms with Gasteiger partial charge < -0.3 is 9.80 Å². The lowest BCUT2D eigenvalue weighted by molar-refractivity contribution is -0.140. The number of hydrogen-bond donors (Lipinski definition) is 0. The second kappa shape index (κ2) is 4.80. The molecule has 2 saturated heterocycles. The molecule has 19 heavy (non-hydrogen) atoms. The molecule has 0 N–H and O–H groups in total. The molecule has 2 aliphatic heterocycles. The van der Waals surface area contributed by atoms with Crippen molar-refractivity contribution in [1.82, 2.24) is 4.90 Å². The number of rotatable bonds is 1. The molecule has 0 aromatic heterocycles. The van der Waals surface area contributed by atoms with Crippen molar-refractivity contribution in [1.29, 1.82) is 0 Å². The van der Waals surface area contributed by atoms with Crippen LogP contribution in [0.15, 0.2) is 22.7 Å². The molecule has 4 nitrogen and oxygen atoms in total. The fourth-order valence-corrected chi connectivity index (χ4v) is 3.61. The Morgan fingerprint density at radius 2 is 2.11 bits per heavy atom. The molecule has 0 aliphatic carbocycles. The van der Waals surface area contributed by atoms with Gasteiger partial charge in [0.2, 0.25) is 11.8 Å². The van der Waals surface area contributed by atoms with Crippen molar-refractivity contribution in [3.8, 4) is 0 Å². The summed E-state index contributed by atoms with van der Waals surface area (Å²) >= 11 is 9.30. The van der Waals surface area contributed by atoms with E-state index in [4.69, 9.17) is 11.6 Å². The number of carbonyl (C=O) groups is 2. The van der Waals surface area contributed by atoms with Crippen LogP contribution in [-0.2, 0) is 9.59 Å². The van der Waals surface area contributed by atoms with Crippen LogP contribution >= 0.6 is 27.5 Å². The lowest BCUT2D eigenvalue weighted by Crippen LogP contribution is -2.57. The number of carbonyl (C=O) groups excluding carboxylic acids is 2. The Morgan fingerprint density at radius 3 is 2.84 bits per heavy atom. The fourth-order valence-electron chi connectivity index (χ4n) is 2.71. The maximum atomic E-state index is 12.5. The summed E-state index contributed by atoms with van der Waals surface area (Å²) in [5, 5.41) is 0.592. The lowest BCUT2D eigenvalue weighted by atomic mass is 10.1. The van der Waals surface area contributed by atoms with Crippen molar-refractivity contribution in [3.05, 3.63) is 27.7 Å². The van der Waals surface area contributed by atoms with Gasteiger partial charge in [0.1, 0.15) is 12.6 Å². The first kappa shape index (κ1) is 12.9. The molecule has 0 spiro atoms. The van der Waals surface area contributed by atoms with Gasteiger partial charge in [-0.2, -0.15) is 0 Å². The molecule has 0 bridgehead atoms.